The Morgan fingerprint density at radius 2 is 0.556 bits per heavy atom. The standard InChI is InChI=1S/2C17H11F2N2.2C16H9F2N2.C9H20O2.2C8H18O2.C7H16O2.4Ir/c2*1-11-10-20-16(12-2-6-14(18)7-3-12)17(21-11)13-4-8-15(19)9-5-13;2*17-13-5-1-11(2-6-13)15-16(20-10-9-19-15)12-3-7-14(18)8-4-12;1-6(2)8(10)5-9(11)7(3)4;1-6(9)5-7(10)8(2,3)4;1-6(2)4-8(10)5-7(3)9;1-3-6(8)5-7(9)4-2;;;;/h2*2,4-10H,1H3;2*1-3,5-10H;6-11H,5H2,1-4H3;6-7,9-10H,5H2,1-4H3;6-10H,4-5H2,1-3H3;6-9H,3-5H2,1-2H3;;;;/q4*-1;;;;;;;;. The molecular formula is C98H112F8Ir4N8O8-4. The summed E-state index contributed by atoms with van der Waals surface area (Å²) in [6.45, 7) is 28.7. The molecule has 8 N–H and O–H groups in total. The van der Waals surface area contributed by atoms with Crippen molar-refractivity contribution in [1.82, 2.24) is 39.9 Å². The molecule has 0 saturated heterocycles. The van der Waals surface area contributed by atoms with E-state index < -0.39 is 12.2 Å². The van der Waals surface area contributed by atoms with E-state index in [-0.39, 0.29) is 181 Å². The minimum absolute atomic E-state index is 0. The number of nitrogens with zero attached hydrogens (tertiary/aromatic N) is 8. The summed E-state index contributed by atoms with van der Waals surface area (Å²) in [7, 11) is 0. The van der Waals surface area contributed by atoms with Crippen molar-refractivity contribution in [2.75, 3.05) is 0 Å². The minimum Gasteiger partial charge on any atom is -0.393 e. The van der Waals surface area contributed by atoms with Crippen molar-refractivity contribution in [2.24, 2.45) is 23.2 Å². The first kappa shape index (κ1) is 116. The average molecular weight is 2450 g/mol. The van der Waals surface area contributed by atoms with Crippen LogP contribution in [0.2, 0.25) is 0 Å². The fraction of sp³-hybridized carbons (Fsp3) is 0.347. The smallest absolute Gasteiger partial charge is 0.123 e. The molecule has 0 fully saturated rings. The van der Waals surface area contributed by atoms with Crippen LogP contribution in [-0.2, 0) is 80.4 Å². The maximum absolute atomic E-state index is 13.1. The van der Waals surface area contributed by atoms with Gasteiger partial charge in [-0.25, -0.2) is 17.6 Å². The van der Waals surface area contributed by atoms with Gasteiger partial charge in [0.25, 0.3) is 0 Å². The number of rotatable bonds is 22. The Bertz CT molecular complexity index is 4560. The number of aliphatic hydroxyl groups is 8. The second-order valence-corrected chi connectivity index (χ2v) is 31.2. The largest absolute Gasteiger partial charge is 0.393 e. The maximum atomic E-state index is 13.1. The molecule has 8 aromatic carbocycles. The summed E-state index contributed by atoms with van der Waals surface area (Å²) in [5.41, 5.74) is 11.7. The van der Waals surface area contributed by atoms with Crippen LogP contribution in [0.25, 0.3) is 90.1 Å². The van der Waals surface area contributed by atoms with Crippen LogP contribution in [0.4, 0.5) is 35.1 Å². The van der Waals surface area contributed by atoms with E-state index in [1.807, 2.05) is 76.2 Å². The number of aliphatic hydroxyl groups excluding tert-OH is 8. The third kappa shape index (κ3) is 42.4. The quantitative estimate of drug-likeness (QED) is 0.0232. The first-order chi connectivity index (χ1) is 57.7. The fourth-order valence-electron chi connectivity index (χ4n) is 11.0. The van der Waals surface area contributed by atoms with Crippen molar-refractivity contribution in [1.29, 1.82) is 0 Å². The van der Waals surface area contributed by atoms with Gasteiger partial charge >= 0.3 is 0 Å². The summed E-state index contributed by atoms with van der Waals surface area (Å²) in [4.78, 5) is 34.8. The van der Waals surface area contributed by atoms with E-state index >= 15 is 0 Å². The Morgan fingerprint density at radius 3 is 0.778 bits per heavy atom. The van der Waals surface area contributed by atoms with E-state index in [1.54, 1.807) is 124 Å². The molecule has 4 heterocycles. The van der Waals surface area contributed by atoms with E-state index in [0.29, 0.717) is 99.4 Å². The number of benzene rings is 8. The predicted molar refractivity (Wildman–Crippen MR) is 463 cm³/mol. The zero-order valence-corrected chi connectivity index (χ0v) is 82.5. The van der Waals surface area contributed by atoms with Gasteiger partial charge in [0, 0.05) is 164 Å². The van der Waals surface area contributed by atoms with Gasteiger partial charge in [-0.2, -0.15) is 0 Å². The molecule has 4 radical (unpaired) electrons. The fourth-order valence-corrected chi connectivity index (χ4v) is 11.0. The van der Waals surface area contributed by atoms with E-state index in [0.717, 1.165) is 52.9 Å². The summed E-state index contributed by atoms with van der Waals surface area (Å²) in [6.07, 6.45) is 10.8. The molecule has 0 aliphatic heterocycles. The van der Waals surface area contributed by atoms with Crippen molar-refractivity contribution in [3.8, 4) is 90.1 Å². The van der Waals surface area contributed by atoms with Crippen molar-refractivity contribution >= 4 is 0 Å². The second kappa shape index (κ2) is 59.8. The van der Waals surface area contributed by atoms with Gasteiger partial charge in [0.1, 0.15) is 23.3 Å². The summed E-state index contributed by atoms with van der Waals surface area (Å²) in [5, 5.41) is 73.2. The Labute approximate surface area is 790 Å². The molecule has 28 heteroatoms. The molecule has 0 bridgehead atoms. The molecule has 8 unspecified atom stereocenters. The van der Waals surface area contributed by atoms with Crippen molar-refractivity contribution in [3.63, 3.8) is 0 Å². The number of aromatic nitrogens is 8. The molecule has 0 saturated carbocycles. The predicted octanol–water partition coefficient (Wildman–Crippen LogP) is 20.8. The third-order valence-corrected chi connectivity index (χ3v) is 18.2. The zero-order chi connectivity index (χ0) is 90.3. The monoisotopic (exact) mass is 2450 g/mol. The van der Waals surface area contributed by atoms with Crippen molar-refractivity contribution in [3.05, 3.63) is 289 Å². The van der Waals surface area contributed by atoms with Crippen LogP contribution in [-0.4, -0.2) is 130 Å². The Balaban J connectivity index is 0.000000733. The Morgan fingerprint density at radius 1 is 0.302 bits per heavy atom. The number of aryl methyl sites for hydroxylation is 2. The molecule has 8 atom stereocenters. The summed E-state index contributed by atoms with van der Waals surface area (Å²) in [6, 6.07) is 52.1. The van der Waals surface area contributed by atoms with E-state index in [4.69, 9.17) is 20.4 Å². The molecule has 16 nitrogen and oxygen atoms in total. The SMILES string of the molecule is CC(C)C(O)CC(O)C(C)C.CC(C)CC(O)CC(C)O.CC(O)CC(O)C(C)(C)C.CCC(O)CC(O)CC.Cc1cnc(-c2[c-]cc(F)cc2)c(-c2ccc(F)cc2)n1.Cc1cnc(-c2[c-]cc(F)cc2)c(-c2ccc(F)cc2)n1.Fc1c[c-]c(-c2nccnc2-c2ccc(F)cc2)cc1.Fc1c[c-]c(-c2nccnc2-c2ccc(F)cc2)cc1.[Ir].[Ir].[Ir].[Ir]. The van der Waals surface area contributed by atoms with Gasteiger partial charge in [-0.05, 0) is 167 Å². The second-order valence-electron chi connectivity index (χ2n) is 31.2. The van der Waals surface area contributed by atoms with E-state index in [2.05, 4.69) is 78.0 Å². The van der Waals surface area contributed by atoms with Gasteiger partial charge in [0.15, 0.2) is 0 Å². The summed E-state index contributed by atoms with van der Waals surface area (Å²) >= 11 is 0. The van der Waals surface area contributed by atoms with Crippen molar-refractivity contribution < 1.29 is 156 Å². The number of halogens is 8. The van der Waals surface area contributed by atoms with Gasteiger partial charge in [-0.3, -0.25) is 37.5 Å². The molecule has 12 aromatic rings. The van der Waals surface area contributed by atoms with E-state index in [9.17, 15) is 55.5 Å². The Hall–Kier alpha value is -8.20. The topological polar surface area (TPSA) is 265 Å². The average Bonchev–Trinajstić information content (AvgIpc) is 0.827. The minimum atomic E-state index is -0.410. The van der Waals surface area contributed by atoms with Crippen LogP contribution in [0, 0.1) is 108 Å². The van der Waals surface area contributed by atoms with Gasteiger partial charge < -0.3 is 60.8 Å². The van der Waals surface area contributed by atoms with Crippen LogP contribution >= 0.6 is 0 Å². The Kier molecular flexibility index (Phi) is 55.0. The summed E-state index contributed by atoms with van der Waals surface area (Å²) < 4.78 is 104. The van der Waals surface area contributed by atoms with Crippen LogP contribution in [0.15, 0.2) is 207 Å². The maximum Gasteiger partial charge on any atom is 0.123 e. The number of hydrogen-bond acceptors (Lipinski definition) is 16. The van der Waals surface area contributed by atoms with Crippen LogP contribution in [0.3, 0.4) is 0 Å². The first-order valence-corrected chi connectivity index (χ1v) is 40.2. The molecular weight excluding hydrogens is 2340 g/mol. The van der Waals surface area contributed by atoms with Gasteiger partial charge in [0.2, 0.25) is 0 Å². The molecule has 0 aliphatic carbocycles. The molecule has 126 heavy (non-hydrogen) atoms. The first-order valence-electron chi connectivity index (χ1n) is 40.2. The molecule has 688 valence electrons. The van der Waals surface area contributed by atoms with E-state index in [1.165, 1.54) is 97.1 Å². The normalized spacial score (nSPS) is 12.5. The van der Waals surface area contributed by atoms with Crippen LogP contribution in [0.5, 0.6) is 0 Å². The van der Waals surface area contributed by atoms with Crippen molar-refractivity contribution in [2.45, 2.75) is 198 Å². The van der Waals surface area contributed by atoms with Crippen LogP contribution < -0.4 is 0 Å². The van der Waals surface area contributed by atoms with Gasteiger partial charge in [0.05, 0.1) is 83.0 Å². The number of hydrogen-bond donors (Lipinski definition) is 8. The third-order valence-electron chi connectivity index (χ3n) is 18.2. The van der Waals surface area contributed by atoms with Gasteiger partial charge in [-0.1, -0.05) is 125 Å². The van der Waals surface area contributed by atoms with Gasteiger partial charge in [-0.15, -0.1) is 119 Å². The molecule has 4 aromatic heterocycles. The molecule has 0 spiro atoms. The molecule has 0 aliphatic rings. The molecule has 0 amide bonds. The molecule has 12 rings (SSSR count). The summed E-state index contributed by atoms with van der Waals surface area (Å²) in [5.74, 6) is -1.70. The zero-order valence-electron chi connectivity index (χ0n) is 72.9. The van der Waals surface area contributed by atoms with Crippen LogP contribution in [0.1, 0.15) is 146 Å².